The maximum Gasteiger partial charge on any atom is 0.341 e. The van der Waals surface area contributed by atoms with Crippen LogP contribution in [-0.2, 0) is 0 Å². The third-order valence-corrected chi connectivity index (χ3v) is 5.57. The van der Waals surface area contributed by atoms with E-state index in [0.717, 1.165) is 18.7 Å². The van der Waals surface area contributed by atoms with Gasteiger partial charge in [0.1, 0.15) is 17.1 Å². The van der Waals surface area contributed by atoms with E-state index in [1.54, 1.807) is 10.8 Å². The number of rotatable bonds is 8. The van der Waals surface area contributed by atoms with E-state index >= 15 is 4.39 Å². The standard InChI is InChI=1S/C22H24FN5O4/c1-27(14-5-3-4-8-25-14)10-9-26-18-16(23)17(24)15-19(21(18)32-2)28(12-6-7-12)11-13(20(15)29)22(30)31/h3-5,8,11-12,26H,6-7,9-10,24H2,1-2H3,(H,30,31). The highest BCUT2D eigenvalue weighted by Gasteiger charge is 2.31. The van der Waals surface area contributed by atoms with Crippen LogP contribution in [0.3, 0.4) is 0 Å². The first-order valence-electron chi connectivity index (χ1n) is 10.2. The maximum absolute atomic E-state index is 15.3. The van der Waals surface area contributed by atoms with E-state index in [1.165, 1.54) is 13.3 Å². The number of nitrogens with zero attached hydrogens (tertiary/aromatic N) is 3. The number of carboxylic acids is 1. The van der Waals surface area contributed by atoms with Gasteiger partial charge < -0.3 is 30.4 Å². The molecule has 1 aromatic carbocycles. The number of anilines is 3. The minimum absolute atomic E-state index is 0.00176. The Morgan fingerprint density at radius 1 is 1.44 bits per heavy atom. The number of hydrogen-bond acceptors (Lipinski definition) is 7. The number of likely N-dealkylation sites (N-methyl/N-ethyl adjacent to an activating group) is 1. The normalized spacial score (nSPS) is 13.2. The van der Waals surface area contributed by atoms with Gasteiger partial charge in [0, 0.05) is 38.6 Å². The quantitative estimate of drug-likeness (QED) is 0.456. The van der Waals surface area contributed by atoms with E-state index in [2.05, 4.69) is 10.3 Å². The van der Waals surface area contributed by atoms with Crippen molar-refractivity contribution in [3.8, 4) is 5.75 Å². The molecule has 0 spiro atoms. The molecule has 1 aliphatic carbocycles. The highest BCUT2D eigenvalue weighted by molar-refractivity contribution is 6.03. The predicted octanol–water partition coefficient (Wildman–Crippen LogP) is 2.71. The van der Waals surface area contributed by atoms with Crippen LogP contribution in [0.15, 0.2) is 35.4 Å². The monoisotopic (exact) mass is 441 g/mol. The smallest absolute Gasteiger partial charge is 0.341 e. The van der Waals surface area contributed by atoms with Crippen molar-refractivity contribution in [2.24, 2.45) is 0 Å². The lowest BCUT2D eigenvalue weighted by atomic mass is 10.1. The summed E-state index contributed by atoms with van der Waals surface area (Å²) in [6.45, 7) is 0.844. The molecule has 2 heterocycles. The number of nitrogen functional groups attached to an aromatic ring is 1. The highest BCUT2D eigenvalue weighted by atomic mass is 19.1. The first kappa shape index (κ1) is 21.4. The summed E-state index contributed by atoms with van der Waals surface area (Å²) in [7, 11) is 3.24. The second kappa shape index (κ2) is 8.37. The number of nitrogens with two attached hydrogens (primary N) is 1. The number of carboxylic acid groups (broad SMARTS) is 1. The van der Waals surface area contributed by atoms with Gasteiger partial charge in [-0.3, -0.25) is 4.79 Å². The molecule has 2 aromatic heterocycles. The third kappa shape index (κ3) is 3.68. The fourth-order valence-corrected chi connectivity index (χ4v) is 3.77. The summed E-state index contributed by atoms with van der Waals surface area (Å²) in [5, 5.41) is 12.3. The molecular weight excluding hydrogens is 417 g/mol. The molecule has 0 unspecified atom stereocenters. The van der Waals surface area contributed by atoms with Crippen molar-refractivity contribution in [2.45, 2.75) is 18.9 Å². The first-order valence-corrected chi connectivity index (χ1v) is 10.2. The van der Waals surface area contributed by atoms with Crippen LogP contribution < -0.4 is 26.1 Å². The zero-order valence-corrected chi connectivity index (χ0v) is 17.8. The molecule has 4 N–H and O–H groups in total. The van der Waals surface area contributed by atoms with Gasteiger partial charge in [-0.25, -0.2) is 14.2 Å². The van der Waals surface area contributed by atoms with Crippen LogP contribution in [-0.4, -0.2) is 47.9 Å². The lowest BCUT2D eigenvalue weighted by Crippen LogP contribution is -2.26. The van der Waals surface area contributed by atoms with Gasteiger partial charge in [0.25, 0.3) is 0 Å². The Kier molecular flexibility index (Phi) is 5.60. The molecule has 10 heteroatoms. The number of aromatic nitrogens is 2. The van der Waals surface area contributed by atoms with Crippen LogP contribution in [0.25, 0.3) is 10.9 Å². The average molecular weight is 441 g/mol. The second-order valence-corrected chi connectivity index (χ2v) is 7.71. The topological polar surface area (TPSA) is 123 Å². The zero-order chi connectivity index (χ0) is 23.0. The minimum atomic E-state index is -1.38. The van der Waals surface area contributed by atoms with Crippen LogP contribution >= 0.6 is 0 Å². The van der Waals surface area contributed by atoms with Crippen LogP contribution in [0.4, 0.5) is 21.6 Å². The average Bonchev–Trinajstić information content (AvgIpc) is 3.62. The summed E-state index contributed by atoms with van der Waals surface area (Å²) in [4.78, 5) is 30.6. The molecule has 0 amide bonds. The summed E-state index contributed by atoms with van der Waals surface area (Å²) in [6.07, 6.45) is 4.61. The highest BCUT2D eigenvalue weighted by Crippen LogP contribution is 2.44. The molecule has 1 aliphatic rings. The Hall–Kier alpha value is -3.82. The summed E-state index contributed by atoms with van der Waals surface area (Å²) < 4.78 is 22.5. The number of methoxy groups -OCH3 is 1. The molecule has 0 radical (unpaired) electrons. The number of aromatic carboxylic acids is 1. The van der Waals surface area contributed by atoms with Crippen molar-refractivity contribution in [2.75, 3.05) is 43.2 Å². The van der Waals surface area contributed by atoms with Crippen molar-refractivity contribution in [1.82, 2.24) is 9.55 Å². The van der Waals surface area contributed by atoms with Gasteiger partial charge in [0.15, 0.2) is 11.6 Å². The van der Waals surface area contributed by atoms with E-state index in [-0.39, 0.29) is 22.9 Å². The van der Waals surface area contributed by atoms with E-state index in [4.69, 9.17) is 10.5 Å². The molecule has 0 bridgehead atoms. The summed E-state index contributed by atoms with van der Waals surface area (Å²) >= 11 is 0. The van der Waals surface area contributed by atoms with E-state index in [9.17, 15) is 14.7 Å². The molecule has 32 heavy (non-hydrogen) atoms. The van der Waals surface area contributed by atoms with Crippen LogP contribution in [0, 0.1) is 5.82 Å². The lowest BCUT2D eigenvalue weighted by molar-refractivity contribution is 0.0695. The number of hydrogen-bond donors (Lipinski definition) is 3. The van der Waals surface area contributed by atoms with Crippen molar-refractivity contribution >= 4 is 34.1 Å². The van der Waals surface area contributed by atoms with Crippen molar-refractivity contribution in [3.05, 3.63) is 52.2 Å². The Morgan fingerprint density at radius 2 is 2.19 bits per heavy atom. The fraction of sp³-hybridized carbons (Fsp3) is 0.318. The lowest BCUT2D eigenvalue weighted by Gasteiger charge is -2.22. The summed E-state index contributed by atoms with van der Waals surface area (Å²) in [5.74, 6) is -1.35. The Morgan fingerprint density at radius 3 is 2.78 bits per heavy atom. The number of nitrogens with one attached hydrogen (secondary N) is 1. The predicted molar refractivity (Wildman–Crippen MR) is 120 cm³/mol. The Balaban J connectivity index is 1.77. The number of fused-ring (bicyclic) bond motifs is 1. The van der Waals surface area contributed by atoms with Crippen LogP contribution in [0.2, 0.25) is 0 Å². The molecule has 0 atom stereocenters. The number of ether oxygens (including phenoxy) is 1. The Bertz CT molecular complexity index is 1240. The number of pyridine rings is 2. The first-order chi connectivity index (χ1) is 15.3. The van der Waals surface area contributed by atoms with Crippen LogP contribution in [0.5, 0.6) is 5.75 Å². The number of benzene rings is 1. The van der Waals surface area contributed by atoms with Gasteiger partial charge in [-0.05, 0) is 25.0 Å². The van der Waals surface area contributed by atoms with Crippen molar-refractivity contribution < 1.29 is 19.0 Å². The van der Waals surface area contributed by atoms with Gasteiger partial charge in [0.2, 0.25) is 5.43 Å². The summed E-state index contributed by atoms with van der Waals surface area (Å²) in [5.41, 5.74) is 4.67. The molecule has 0 aliphatic heterocycles. The molecule has 3 aromatic rings. The van der Waals surface area contributed by atoms with Gasteiger partial charge in [-0.1, -0.05) is 6.07 Å². The van der Waals surface area contributed by atoms with Gasteiger partial charge in [-0.15, -0.1) is 0 Å². The maximum atomic E-state index is 15.3. The van der Waals surface area contributed by atoms with Crippen molar-refractivity contribution in [3.63, 3.8) is 0 Å². The van der Waals surface area contributed by atoms with Crippen molar-refractivity contribution in [1.29, 1.82) is 0 Å². The SMILES string of the molecule is COc1c(NCCN(C)c2ccccn2)c(F)c(N)c2c(=O)c(C(=O)O)cn(C3CC3)c12. The van der Waals surface area contributed by atoms with E-state index in [0.29, 0.717) is 18.6 Å². The molecule has 9 nitrogen and oxygen atoms in total. The fourth-order valence-electron chi connectivity index (χ4n) is 3.77. The largest absolute Gasteiger partial charge is 0.492 e. The van der Waals surface area contributed by atoms with E-state index < -0.39 is 28.5 Å². The third-order valence-electron chi connectivity index (χ3n) is 5.57. The molecule has 1 fully saturated rings. The molecule has 1 saturated carbocycles. The van der Waals surface area contributed by atoms with Crippen LogP contribution in [0.1, 0.15) is 29.2 Å². The number of carbonyl (C=O) groups is 1. The second-order valence-electron chi connectivity index (χ2n) is 7.71. The molecule has 4 rings (SSSR count). The van der Waals surface area contributed by atoms with Gasteiger partial charge >= 0.3 is 5.97 Å². The van der Waals surface area contributed by atoms with Gasteiger partial charge in [-0.2, -0.15) is 0 Å². The Labute approximate surface area is 183 Å². The molecule has 0 saturated heterocycles. The zero-order valence-electron chi connectivity index (χ0n) is 17.8. The molecule has 168 valence electrons. The van der Waals surface area contributed by atoms with E-state index in [1.807, 2.05) is 30.1 Å². The van der Waals surface area contributed by atoms with Gasteiger partial charge in [0.05, 0.1) is 23.7 Å². The number of halogens is 1. The molecular formula is C22H24FN5O4. The summed E-state index contributed by atoms with van der Waals surface area (Å²) in [6, 6.07) is 5.56. The minimum Gasteiger partial charge on any atom is -0.492 e.